The second-order valence-electron chi connectivity index (χ2n) is 11.0. The van der Waals surface area contributed by atoms with Crippen molar-refractivity contribution in [3.05, 3.63) is 141 Å². The molecule has 9 nitrogen and oxygen atoms in total. The summed E-state index contributed by atoms with van der Waals surface area (Å²) in [7, 11) is 4.65. The predicted molar refractivity (Wildman–Crippen MR) is 202 cm³/mol. The number of fused-ring (bicyclic) bond motifs is 1. The highest BCUT2D eigenvalue weighted by molar-refractivity contribution is 14.1. The van der Waals surface area contributed by atoms with Gasteiger partial charge in [0, 0.05) is 16.1 Å². The monoisotopic (exact) mass is 822 g/mol. The van der Waals surface area contributed by atoms with E-state index >= 15 is 0 Å². The average molecular weight is 823 g/mol. The van der Waals surface area contributed by atoms with Gasteiger partial charge in [0.25, 0.3) is 5.56 Å². The van der Waals surface area contributed by atoms with Crippen LogP contribution in [0.2, 0.25) is 5.02 Å². The third-order valence-corrected chi connectivity index (χ3v) is 10.1. The van der Waals surface area contributed by atoms with Gasteiger partial charge in [-0.3, -0.25) is 9.36 Å². The molecule has 0 aliphatic carbocycles. The van der Waals surface area contributed by atoms with Crippen molar-refractivity contribution < 1.29 is 28.5 Å². The van der Waals surface area contributed by atoms with Crippen molar-refractivity contribution in [2.24, 2.45) is 4.99 Å². The molecule has 12 heteroatoms. The van der Waals surface area contributed by atoms with Crippen LogP contribution in [0, 0.1) is 3.57 Å². The smallest absolute Gasteiger partial charge is 0.338 e. The molecular weight excluding hydrogens is 791 g/mol. The Morgan fingerprint density at radius 2 is 1.66 bits per heavy atom. The quantitative estimate of drug-likeness (QED) is 0.107. The van der Waals surface area contributed by atoms with Gasteiger partial charge in [0.1, 0.15) is 6.61 Å². The first kappa shape index (κ1) is 35.2. The fraction of sp³-hybridized carbons (Fsp3) is 0.184. The fourth-order valence-electron chi connectivity index (χ4n) is 5.66. The Morgan fingerprint density at radius 3 is 2.36 bits per heavy atom. The fourth-order valence-corrected chi connectivity index (χ4v) is 7.63. The number of nitrogens with zero attached hydrogens (tertiary/aromatic N) is 2. The third-order valence-electron chi connectivity index (χ3n) is 7.98. The van der Waals surface area contributed by atoms with E-state index in [9.17, 15) is 9.59 Å². The number of aromatic nitrogens is 1. The van der Waals surface area contributed by atoms with E-state index < -0.39 is 12.0 Å². The predicted octanol–water partition coefficient (Wildman–Crippen LogP) is 6.80. The van der Waals surface area contributed by atoms with Gasteiger partial charge in [0.2, 0.25) is 0 Å². The van der Waals surface area contributed by atoms with Crippen molar-refractivity contribution in [1.29, 1.82) is 0 Å². The number of rotatable bonds is 11. The van der Waals surface area contributed by atoms with Gasteiger partial charge in [0.05, 0.1) is 53.4 Å². The summed E-state index contributed by atoms with van der Waals surface area (Å²) in [5.74, 6) is 1.45. The summed E-state index contributed by atoms with van der Waals surface area (Å²) in [6.45, 7) is 2.14. The van der Waals surface area contributed by atoms with Crippen LogP contribution in [0.15, 0.2) is 100 Å². The highest BCUT2D eigenvalue weighted by atomic mass is 127. The summed E-state index contributed by atoms with van der Waals surface area (Å²) < 4.78 is 31.3. The van der Waals surface area contributed by atoms with Crippen molar-refractivity contribution in [2.45, 2.75) is 19.6 Å². The Bertz CT molecular complexity index is 2280. The van der Waals surface area contributed by atoms with E-state index in [1.54, 1.807) is 43.9 Å². The number of hydrogen-bond acceptors (Lipinski definition) is 9. The van der Waals surface area contributed by atoms with Crippen LogP contribution >= 0.6 is 45.5 Å². The Hall–Kier alpha value is -4.59. The molecule has 256 valence electrons. The maximum absolute atomic E-state index is 14.4. The van der Waals surface area contributed by atoms with Crippen molar-refractivity contribution in [1.82, 2.24) is 4.57 Å². The van der Waals surface area contributed by atoms with Crippen LogP contribution in [0.5, 0.6) is 23.0 Å². The Kier molecular flexibility index (Phi) is 10.9. The molecule has 4 aromatic carbocycles. The lowest BCUT2D eigenvalue weighted by molar-refractivity contribution is -0.138. The number of esters is 1. The first-order valence-electron chi connectivity index (χ1n) is 15.5. The summed E-state index contributed by atoms with van der Waals surface area (Å²) in [4.78, 5) is 33.6. The zero-order valence-electron chi connectivity index (χ0n) is 27.6. The number of thiazole rings is 1. The molecule has 0 saturated heterocycles. The van der Waals surface area contributed by atoms with Gasteiger partial charge in [-0.05, 0) is 77.0 Å². The molecule has 1 aliphatic heterocycles. The molecule has 5 aromatic rings. The van der Waals surface area contributed by atoms with E-state index in [1.165, 1.54) is 18.4 Å². The van der Waals surface area contributed by atoms with Crippen molar-refractivity contribution >= 4 is 63.3 Å². The third kappa shape index (κ3) is 7.03. The number of carbonyl (C=O) groups is 1. The number of halogens is 2. The number of benzene rings is 4. The van der Waals surface area contributed by atoms with Crippen LogP contribution in [0.4, 0.5) is 0 Å². The molecule has 6 rings (SSSR count). The summed E-state index contributed by atoms with van der Waals surface area (Å²) >= 11 is 9.76. The van der Waals surface area contributed by atoms with Gasteiger partial charge in [-0.25, -0.2) is 9.79 Å². The Balaban J connectivity index is 1.52. The Labute approximate surface area is 311 Å². The molecule has 0 fully saturated rings. The topological polar surface area (TPSA) is 97.6 Å². The molecule has 1 atom stereocenters. The standard InChI is InChI=1S/C38H32ClIN2O7S/c1-5-48-37(44)32-33(23-11-7-6-8-12-23)41-38-42(34(32)24-15-16-28(45-2)29(20-24)46-3)36(43)31(50-38)19-22-17-27(40)35(30(18-22)47-4)49-21-25-13-9-10-14-26(25)39/h6-20,34H,5,21H2,1-4H3/b31-19-/t34-/m0/s1. The number of carbonyl (C=O) groups excluding carboxylic acids is 1. The molecule has 0 bridgehead atoms. The molecule has 0 spiro atoms. The van der Waals surface area contributed by atoms with Crippen LogP contribution < -0.4 is 33.8 Å². The lowest BCUT2D eigenvalue weighted by Crippen LogP contribution is -2.40. The van der Waals surface area contributed by atoms with E-state index in [2.05, 4.69) is 22.6 Å². The van der Waals surface area contributed by atoms with E-state index in [-0.39, 0.29) is 24.3 Å². The van der Waals surface area contributed by atoms with Crippen LogP contribution in [-0.4, -0.2) is 38.5 Å². The second kappa shape index (κ2) is 15.5. The maximum atomic E-state index is 14.4. The zero-order chi connectivity index (χ0) is 35.4. The van der Waals surface area contributed by atoms with Crippen LogP contribution in [0.3, 0.4) is 0 Å². The van der Waals surface area contributed by atoms with Gasteiger partial charge in [-0.15, -0.1) is 0 Å². The molecular formula is C38H32ClIN2O7S. The van der Waals surface area contributed by atoms with Crippen LogP contribution in [0.25, 0.3) is 11.8 Å². The van der Waals surface area contributed by atoms with Gasteiger partial charge in [0.15, 0.2) is 27.8 Å². The minimum atomic E-state index is -0.877. The zero-order valence-corrected chi connectivity index (χ0v) is 31.3. The molecule has 50 heavy (non-hydrogen) atoms. The van der Waals surface area contributed by atoms with Crippen molar-refractivity contribution in [3.63, 3.8) is 0 Å². The molecule has 0 amide bonds. The lowest BCUT2D eigenvalue weighted by atomic mass is 9.93. The second-order valence-corrected chi connectivity index (χ2v) is 13.5. The van der Waals surface area contributed by atoms with Crippen molar-refractivity contribution in [2.75, 3.05) is 27.9 Å². The maximum Gasteiger partial charge on any atom is 0.338 e. The molecule has 1 aliphatic rings. The van der Waals surface area contributed by atoms with E-state index in [1.807, 2.05) is 72.8 Å². The number of ether oxygens (including phenoxy) is 5. The molecule has 0 N–H and O–H groups in total. The van der Waals surface area contributed by atoms with Crippen LogP contribution in [-0.2, 0) is 16.1 Å². The lowest BCUT2D eigenvalue weighted by Gasteiger charge is -2.26. The van der Waals surface area contributed by atoms with Gasteiger partial charge < -0.3 is 23.7 Å². The molecule has 0 saturated carbocycles. The summed E-state index contributed by atoms with van der Waals surface area (Å²) in [6.07, 6.45) is 1.79. The molecule has 1 aromatic heterocycles. The summed E-state index contributed by atoms with van der Waals surface area (Å²) in [5.41, 5.74) is 3.24. The molecule has 0 unspecified atom stereocenters. The average Bonchev–Trinajstić information content (AvgIpc) is 3.44. The minimum Gasteiger partial charge on any atom is -0.493 e. The highest BCUT2D eigenvalue weighted by Crippen LogP contribution is 2.39. The normalized spacial score (nSPS) is 14.1. The number of hydrogen-bond donors (Lipinski definition) is 0. The first-order valence-corrected chi connectivity index (χ1v) is 17.8. The SMILES string of the molecule is CCOC(=O)C1=C(c2ccccc2)N=c2s/c(=C\c3cc(I)c(OCc4ccccc4Cl)c(OC)c3)c(=O)n2[C@H]1c1ccc(OC)c(OC)c1. The van der Waals surface area contributed by atoms with Gasteiger partial charge in [-0.1, -0.05) is 77.5 Å². The van der Waals surface area contributed by atoms with Gasteiger partial charge in [-0.2, -0.15) is 0 Å². The summed E-state index contributed by atoms with van der Waals surface area (Å²) in [5, 5.41) is 0.612. The number of methoxy groups -OCH3 is 3. The van der Waals surface area contributed by atoms with Crippen LogP contribution in [0.1, 0.15) is 35.2 Å². The molecule has 0 radical (unpaired) electrons. The van der Waals surface area contributed by atoms with Gasteiger partial charge >= 0.3 is 5.97 Å². The molecule has 2 heterocycles. The van der Waals surface area contributed by atoms with Crippen molar-refractivity contribution in [3.8, 4) is 23.0 Å². The van der Waals surface area contributed by atoms with E-state index in [0.717, 1.165) is 14.7 Å². The largest absolute Gasteiger partial charge is 0.493 e. The first-order chi connectivity index (χ1) is 24.3. The van der Waals surface area contributed by atoms with E-state index in [0.29, 0.717) is 54.2 Å². The van der Waals surface area contributed by atoms with E-state index in [4.69, 9.17) is 40.3 Å². The Morgan fingerprint density at radius 1 is 0.940 bits per heavy atom. The highest BCUT2D eigenvalue weighted by Gasteiger charge is 2.35. The minimum absolute atomic E-state index is 0.145. The summed E-state index contributed by atoms with van der Waals surface area (Å²) in [6, 6.07) is 25.0.